The molecule has 0 spiro atoms. The molecule has 0 bridgehead atoms. The molecular formula is C9H11Cl2NO. The summed E-state index contributed by atoms with van der Waals surface area (Å²) in [5.41, 5.74) is 0.619. The van der Waals surface area contributed by atoms with Gasteiger partial charge in [-0.3, -0.25) is 4.79 Å². The minimum Gasteiger partial charge on any atom is -0.371 e. The summed E-state index contributed by atoms with van der Waals surface area (Å²) in [5, 5.41) is -0.360. The van der Waals surface area contributed by atoms with E-state index in [2.05, 4.69) is 4.90 Å². The second kappa shape index (κ2) is 4.16. The topological polar surface area (TPSA) is 20.3 Å². The molecule has 0 aromatic heterocycles. The first-order valence-electron chi connectivity index (χ1n) is 4.11. The molecule has 4 heteroatoms. The van der Waals surface area contributed by atoms with Gasteiger partial charge in [-0.25, -0.2) is 0 Å². The first-order chi connectivity index (χ1) is 5.77. The van der Waals surface area contributed by atoms with Crippen molar-refractivity contribution >= 4 is 29.3 Å². The zero-order chi connectivity index (χ0) is 8.55. The van der Waals surface area contributed by atoms with Crippen molar-refractivity contribution in [1.29, 1.82) is 0 Å². The highest BCUT2D eigenvalue weighted by Gasteiger charge is 2.27. The Morgan fingerprint density at radius 3 is 2.62 bits per heavy atom. The van der Waals surface area contributed by atoms with E-state index in [-0.39, 0.29) is 17.6 Å². The zero-order valence-corrected chi connectivity index (χ0v) is 8.64. The van der Waals surface area contributed by atoms with Crippen LogP contribution in [0.3, 0.4) is 0 Å². The zero-order valence-electron chi connectivity index (χ0n) is 7.07. The standard InChI is InChI=1S/C9H10ClNO.ClH/c10-9(12)7-3-5-11(6-4-7)8-1-2-8;/h3-5,8H,1-2,6H2;1H. The summed E-state index contributed by atoms with van der Waals surface area (Å²) in [6, 6.07) is 0.712. The molecule has 72 valence electrons. The lowest BCUT2D eigenvalue weighted by molar-refractivity contribution is -0.108. The lowest BCUT2D eigenvalue weighted by atomic mass is 10.2. The van der Waals surface area contributed by atoms with Crippen LogP contribution >= 0.6 is 24.0 Å². The van der Waals surface area contributed by atoms with Gasteiger partial charge in [0.1, 0.15) is 0 Å². The molecule has 2 rings (SSSR count). The van der Waals surface area contributed by atoms with E-state index < -0.39 is 0 Å². The van der Waals surface area contributed by atoms with Crippen molar-refractivity contribution in [3.05, 3.63) is 23.9 Å². The highest BCUT2D eigenvalue weighted by atomic mass is 35.5. The van der Waals surface area contributed by atoms with Crippen LogP contribution in [0.4, 0.5) is 0 Å². The van der Waals surface area contributed by atoms with Gasteiger partial charge in [-0.15, -0.1) is 12.4 Å². The minimum absolute atomic E-state index is 0. The van der Waals surface area contributed by atoms with E-state index >= 15 is 0 Å². The maximum absolute atomic E-state index is 10.7. The largest absolute Gasteiger partial charge is 0.371 e. The Morgan fingerprint density at radius 2 is 2.23 bits per heavy atom. The Bertz CT molecular complexity index is 269. The summed E-state index contributed by atoms with van der Waals surface area (Å²) in [6.07, 6.45) is 8.20. The molecule has 13 heavy (non-hydrogen) atoms. The van der Waals surface area contributed by atoms with Crippen LogP contribution in [0.2, 0.25) is 0 Å². The van der Waals surface area contributed by atoms with Crippen molar-refractivity contribution in [3.8, 4) is 0 Å². The second-order valence-electron chi connectivity index (χ2n) is 3.18. The maximum Gasteiger partial charge on any atom is 0.252 e. The molecule has 0 amide bonds. The van der Waals surface area contributed by atoms with Crippen LogP contribution in [0.25, 0.3) is 0 Å². The normalized spacial score (nSPS) is 20.7. The van der Waals surface area contributed by atoms with Gasteiger partial charge < -0.3 is 4.90 Å². The molecular weight excluding hydrogens is 209 g/mol. The predicted molar refractivity (Wildman–Crippen MR) is 55.1 cm³/mol. The third kappa shape index (κ3) is 2.48. The maximum atomic E-state index is 10.7. The van der Waals surface area contributed by atoms with Crippen LogP contribution in [0.15, 0.2) is 23.9 Å². The number of halogens is 2. The van der Waals surface area contributed by atoms with Gasteiger partial charge in [0.15, 0.2) is 0 Å². The summed E-state index contributed by atoms with van der Waals surface area (Å²) in [6.45, 7) is 0.828. The van der Waals surface area contributed by atoms with E-state index in [9.17, 15) is 4.79 Å². The summed E-state index contributed by atoms with van der Waals surface area (Å²) in [7, 11) is 0. The first-order valence-corrected chi connectivity index (χ1v) is 4.49. The van der Waals surface area contributed by atoms with Gasteiger partial charge in [-0.1, -0.05) is 6.08 Å². The number of carbonyl (C=O) groups excluding carboxylic acids is 1. The Morgan fingerprint density at radius 1 is 1.54 bits per heavy atom. The first kappa shape index (κ1) is 10.6. The molecule has 1 heterocycles. The molecule has 1 aliphatic heterocycles. The third-order valence-electron chi connectivity index (χ3n) is 2.21. The molecule has 0 unspecified atom stereocenters. The minimum atomic E-state index is -0.360. The van der Waals surface area contributed by atoms with Crippen LogP contribution in [-0.2, 0) is 4.79 Å². The predicted octanol–water partition coefficient (Wildman–Crippen LogP) is 2.09. The van der Waals surface area contributed by atoms with E-state index in [0.29, 0.717) is 11.6 Å². The van der Waals surface area contributed by atoms with Crippen molar-refractivity contribution in [1.82, 2.24) is 4.90 Å². The van der Waals surface area contributed by atoms with Crippen molar-refractivity contribution in [2.24, 2.45) is 0 Å². The summed E-state index contributed by atoms with van der Waals surface area (Å²) < 4.78 is 0. The fourth-order valence-electron chi connectivity index (χ4n) is 1.33. The summed E-state index contributed by atoms with van der Waals surface area (Å²) in [5.74, 6) is 0. The molecule has 0 N–H and O–H groups in total. The van der Waals surface area contributed by atoms with Gasteiger partial charge in [0, 0.05) is 24.4 Å². The SMILES string of the molecule is Cl.O=C(Cl)C1=CCN(C2CC2)C=C1. The molecule has 2 aliphatic rings. The van der Waals surface area contributed by atoms with Crippen LogP contribution < -0.4 is 0 Å². The number of nitrogens with zero attached hydrogens (tertiary/aromatic N) is 1. The lowest BCUT2D eigenvalue weighted by Crippen LogP contribution is -2.22. The van der Waals surface area contributed by atoms with E-state index in [4.69, 9.17) is 11.6 Å². The van der Waals surface area contributed by atoms with Crippen molar-refractivity contribution in [2.45, 2.75) is 18.9 Å². The fourth-order valence-corrected chi connectivity index (χ4v) is 1.47. The second-order valence-corrected chi connectivity index (χ2v) is 3.52. The van der Waals surface area contributed by atoms with E-state index in [1.165, 1.54) is 12.8 Å². The average molecular weight is 220 g/mol. The van der Waals surface area contributed by atoms with Gasteiger partial charge in [0.05, 0.1) is 0 Å². The molecule has 1 saturated carbocycles. The molecule has 1 fully saturated rings. The molecule has 0 radical (unpaired) electrons. The van der Waals surface area contributed by atoms with Gasteiger partial charge in [0.2, 0.25) is 0 Å². The molecule has 0 aromatic rings. The van der Waals surface area contributed by atoms with Crippen LogP contribution in [0.1, 0.15) is 12.8 Å². The van der Waals surface area contributed by atoms with Crippen molar-refractivity contribution in [3.63, 3.8) is 0 Å². The Hall–Kier alpha value is -0.470. The Kier molecular flexibility index (Phi) is 3.40. The monoisotopic (exact) mass is 219 g/mol. The molecule has 2 nitrogen and oxygen atoms in total. The Labute approximate surface area is 88.6 Å². The number of hydrogen-bond acceptors (Lipinski definition) is 2. The lowest BCUT2D eigenvalue weighted by Gasteiger charge is -2.20. The number of rotatable bonds is 2. The van der Waals surface area contributed by atoms with Crippen LogP contribution in [-0.4, -0.2) is 22.7 Å². The number of carbonyl (C=O) groups is 1. The highest BCUT2D eigenvalue weighted by molar-refractivity contribution is 6.68. The molecule has 0 atom stereocenters. The Balaban J connectivity index is 0.000000845. The van der Waals surface area contributed by atoms with E-state index in [0.717, 1.165) is 6.54 Å². The highest BCUT2D eigenvalue weighted by Crippen LogP contribution is 2.28. The number of hydrogen-bond donors (Lipinski definition) is 0. The fraction of sp³-hybridized carbons (Fsp3) is 0.444. The smallest absolute Gasteiger partial charge is 0.252 e. The average Bonchev–Trinajstić information content (AvgIpc) is 2.87. The molecule has 0 aromatic carbocycles. The molecule has 1 aliphatic carbocycles. The van der Waals surface area contributed by atoms with Gasteiger partial charge in [-0.2, -0.15) is 0 Å². The van der Waals surface area contributed by atoms with Crippen LogP contribution in [0.5, 0.6) is 0 Å². The van der Waals surface area contributed by atoms with E-state index in [1.807, 2.05) is 12.3 Å². The van der Waals surface area contributed by atoms with Crippen LogP contribution in [0, 0.1) is 0 Å². The quantitative estimate of drug-likeness (QED) is 0.664. The number of allylic oxidation sites excluding steroid dienone is 2. The summed E-state index contributed by atoms with van der Waals surface area (Å²) in [4.78, 5) is 13.0. The van der Waals surface area contributed by atoms with Crippen molar-refractivity contribution in [2.75, 3.05) is 6.54 Å². The van der Waals surface area contributed by atoms with Crippen molar-refractivity contribution < 1.29 is 4.79 Å². The van der Waals surface area contributed by atoms with Gasteiger partial charge in [0.25, 0.3) is 5.24 Å². The van der Waals surface area contributed by atoms with Gasteiger partial charge >= 0.3 is 0 Å². The van der Waals surface area contributed by atoms with Gasteiger partial charge in [-0.05, 0) is 30.5 Å². The molecule has 0 saturated heterocycles. The van der Waals surface area contributed by atoms with E-state index in [1.54, 1.807) is 6.08 Å². The summed E-state index contributed by atoms with van der Waals surface area (Å²) >= 11 is 5.32. The third-order valence-corrected chi connectivity index (χ3v) is 2.43.